The SMILES string of the molecule is Cc1ccc(-c2ccc(C3=NNC(=O)CC3)cc2F)cc1. The third-order valence-corrected chi connectivity index (χ3v) is 3.57. The third kappa shape index (κ3) is 2.84. The minimum absolute atomic E-state index is 0.101. The van der Waals surface area contributed by atoms with E-state index in [1.165, 1.54) is 6.07 Å². The quantitative estimate of drug-likeness (QED) is 0.901. The first-order chi connectivity index (χ1) is 10.1. The molecule has 1 N–H and O–H groups in total. The molecule has 0 unspecified atom stereocenters. The highest BCUT2D eigenvalue weighted by molar-refractivity contribution is 6.04. The van der Waals surface area contributed by atoms with Crippen molar-refractivity contribution in [3.63, 3.8) is 0 Å². The van der Waals surface area contributed by atoms with Crippen molar-refractivity contribution in [1.82, 2.24) is 5.43 Å². The van der Waals surface area contributed by atoms with Crippen LogP contribution in [0.4, 0.5) is 4.39 Å². The number of hydrogen-bond acceptors (Lipinski definition) is 2. The summed E-state index contributed by atoms with van der Waals surface area (Å²) in [6.07, 6.45) is 0.926. The molecule has 1 amide bonds. The fourth-order valence-corrected chi connectivity index (χ4v) is 2.34. The lowest BCUT2D eigenvalue weighted by Gasteiger charge is -2.13. The number of halogens is 1. The van der Waals surface area contributed by atoms with Gasteiger partial charge in [0.15, 0.2) is 0 Å². The van der Waals surface area contributed by atoms with Crippen LogP contribution in [0, 0.1) is 12.7 Å². The van der Waals surface area contributed by atoms with Crippen molar-refractivity contribution in [2.45, 2.75) is 19.8 Å². The fraction of sp³-hybridized carbons (Fsp3) is 0.176. The number of hydrazone groups is 1. The van der Waals surface area contributed by atoms with E-state index >= 15 is 0 Å². The van der Waals surface area contributed by atoms with Crippen molar-refractivity contribution in [1.29, 1.82) is 0 Å². The molecule has 3 rings (SSSR count). The van der Waals surface area contributed by atoms with E-state index in [0.29, 0.717) is 29.7 Å². The largest absolute Gasteiger partial charge is 0.273 e. The number of nitrogens with zero attached hydrogens (tertiary/aromatic N) is 1. The second-order valence-corrected chi connectivity index (χ2v) is 5.15. The van der Waals surface area contributed by atoms with Gasteiger partial charge in [0.1, 0.15) is 5.82 Å². The molecule has 106 valence electrons. The summed E-state index contributed by atoms with van der Waals surface area (Å²) in [5.74, 6) is -0.383. The van der Waals surface area contributed by atoms with Crippen LogP contribution in [0.15, 0.2) is 47.6 Å². The first-order valence-corrected chi connectivity index (χ1v) is 6.86. The summed E-state index contributed by atoms with van der Waals surface area (Å²) in [6.45, 7) is 2.00. The zero-order valence-electron chi connectivity index (χ0n) is 11.7. The van der Waals surface area contributed by atoms with E-state index in [-0.39, 0.29) is 11.7 Å². The first kappa shape index (κ1) is 13.5. The zero-order valence-corrected chi connectivity index (χ0v) is 11.7. The lowest BCUT2D eigenvalue weighted by Crippen LogP contribution is -2.25. The van der Waals surface area contributed by atoms with Gasteiger partial charge in [-0.05, 0) is 18.6 Å². The summed E-state index contributed by atoms with van der Waals surface area (Å²) >= 11 is 0. The van der Waals surface area contributed by atoms with Crippen LogP contribution in [0.25, 0.3) is 11.1 Å². The molecule has 4 heteroatoms. The number of nitrogens with one attached hydrogen (secondary N) is 1. The zero-order chi connectivity index (χ0) is 14.8. The highest BCUT2D eigenvalue weighted by Crippen LogP contribution is 2.25. The third-order valence-electron chi connectivity index (χ3n) is 3.57. The second-order valence-electron chi connectivity index (χ2n) is 5.15. The highest BCUT2D eigenvalue weighted by atomic mass is 19.1. The second kappa shape index (κ2) is 5.48. The number of amides is 1. The van der Waals surface area contributed by atoms with E-state index in [2.05, 4.69) is 10.5 Å². The van der Waals surface area contributed by atoms with Crippen molar-refractivity contribution in [2.24, 2.45) is 5.10 Å². The van der Waals surface area contributed by atoms with Gasteiger partial charge < -0.3 is 0 Å². The molecule has 0 aliphatic carbocycles. The molecule has 0 spiro atoms. The molecule has 0 atom stereocenters. The van der Waals surface area contributed by atoms with Gasteiger partial charge in [-0.15, -0.1) is 0 Å². The number of carbonyl (C=O) groups excluding carboxylic acids is 1. The van der Waals surface area contributed by atoms with E-state index in [9.17, 15) is 9.18 Å². The van der Waals surface area contributed by atoms with Gasteiger partial charge in [-0.1, -0.05) is 42.0 Å². The summed E-state index contributed by atoms with van der Waals surface area (Å²) in [6, 6.07) is 12.8. The maximum absolute atomic E-state index is 14.3. The highest BCUT2D eigenvalue weighted by Gasteiger charge is 2.15. The minimum atomic E-state index is -0.282. The number of carbonyl (C=O) groups is 1. The van der Waals surface area contributed by atoms with E-state index in [1.807, 2.05) is 37.3 Å². The van der Waals surface area contributed by atoms with Crippen molar-refractivity contribution in [2.75, 3.05) is 0 Å². The number of hydrogen-bond donors (Lipinski definition) is 1. The van der Waals surface area contributed by atoms with Crippen LogP contribution < -0.4 is 5.43 Å². The maximum Gasteiger partial charge on any atom is 0.240 e. The van der Waals surface area contributed by atoms with E-state index in [1.54, 1.807) is 6.07 Å². The molecule has 2 aromatic rings. The molecule has 1 heterocycles. The van der Waals surface area contributed by atoms with Crippen LogP contribution in [0.2, 0.25) is 0 Å². The van der Waals surface area contributed by atoms with Gasteiger partial charge in [0.2, 0.25) is 5.91 Å². The van der Waals surface area contributed by atoms with Crippen LogP contribution in [0.5, 0.6) is 0 Å². The van der Waals surface area contributed by atoms with E-state index in [4.69, 9.17) is 0 Å². The number of benzene rings is 2. The lowest BCUT2D eigenvalue weighted by atomic mass is 9.98. The Morgan fingerprint density at radius 2 is 1.76 bits per heavy atom. The number of aryl methyl sites for hydroxylation is 1. The van der Waals surface area contributed by atoms with Gasteiger partial charge in [0, 0.05) is 24.0 Å². The van der Waals surface area contributed by atoms with Crippen molar-refractivity contribution >= 4 is 11.6 Å². The fourth-order valence-electron chi connectivity index (χ4n) is 2.34. The van der Waals surface area contributed by atoms with Crippen LogP contribution >= 0.6 is 0 Å². The molecule has 0 radical (unpaired) electrons. The lowest BCUT2D eigenvalue weighted by molar-refractivity contribution is -0.121. The molecule has 1 aliphatic heterocycles. The van der Waals surface area contributed by atoms with Gasteiger partial charge >= 0.3 is 0 Å². The molecule has 0 fully saturated rings. The van der Waals surface area contributed by atoms with Gasteiger partial charge in [0.05, 0.1) is 5.71 Å². The normalized spacial score (nSPS) is 14.6. The Morgan fingerprint density at radius 1 is 1.05 bits per heavy atom. The predicted molar refractivity (Wildman–Crippen MR) is 80.5 cm³/mol. The smallest absolute Gasteiger partial charge is 0.240 e. The van der Waals surface area contributed by atoms with Gasteiger partial charge in [-0.2, -0.15) is 5.10 Å². The Bertz CT molecular complexity index is 720. The summed E-state index contributed by atoms with van der Waals surface area (Å²) in [5.41, 5.74) is 6.41. The molecule has 2 aromatic carbocycles. The van der Waals surface area contributed by atoms with Gasteiger partial charge in [0.25, 0.3) is 0 Å². The summed E-state index contributed by atoms with van der Waals surface area (Å²) < 4.78 is 14.3. The van der Waals surface area contributed by atoms with Gasteiger partial charge in [-0.25, -0.2) is 9.82 Å². The summed E-state index contributed by atoms with van der Waals surface area (Å²) in [4.78, 5) is 11.1. The Labute approximate surface area is 122 Å². The van der Waals surface area contributed by atoms with Crippen molar-refractivity contribution in [3.8, 4) is 11.1 Å². The number of rotatable bonds is 2. The molecule has 0 aromatic heterocycles. The van der Waals surface area contributed by atoms with Crippen LogP contribution in [0.3, 0.4) is 0 Å². The monoisotopic (exact) mass is 282 g/mol. The standard InChI is InChI=1S/C17H15FN2O/c1-11-2-4-12(5-3-11)14-7-6-13(10-15(14)18)16-8-9-17(21)20-19-16/h2-7,10H,8-9H2,1H3,(H,20,21). The Kier molecular flexibility index (Phi) is 3.52. The summed E-state index contributed by atoms with van der Waals surface area (Å²) in [5, 5.41) is 3.99. The molecular formula is C17H15FN2O. The van der Waals surface area contributed by atoms with Crippen LogP contribution in [-0.2, 0) is 4.79 Å². The van der Waals surface area contributed by atoms with Crippen molar-refractivity contribution in [3.05, 3.63) is 59.4 Å². The van der Waals surface area contributed by atoms with Crippen LogP contribution in [-0.4, -0.2) is 11.6 Å². The molecule has 3 nitrogen and oxygen atoms in total. The molecule has 21 heavy (non-hydrogen) atoms. The molecular weight excluding hydrogens is 267 g/mol. The molecule has 0 saturated heterocycles. The van der Waals surface area contributed by atoms with Gasteiger partial charge in [-0.3, -0.25) is 4.79 Å². The maximum atomic E-state index is 14.3. The molecule has 0 bridgehead atoms. The van der Waals surface area contributed by atoms with E-state index in [0.717, 1.165) is 11.1 Å². The topological polar surface area (TPSA) is 41.5 Å². The Balaban J connectivity index is 1.93. The van der Waals surface area contributed by atoms with Crippen molar-refractivity contribution < 1.29 is 9.18 Å². The first-order valence-electron chi connectivity index (χ1n) is 6.86. The van der Waals surface area contributed by atoms with Crippen LogP contribution in [0.1, 0.15) is 24.0 Å². The predicted octanol–water partition coefficient (Wildman–Crippen LogP) is 3.42. The average molecular weight is 282 g/mol. The molecule has 0 saturated carbocycles. The van der Waals surface area contributed by atoms with E-state index < -0.39 is 0 Å². The summed E-state index contributed by atoms with van der Waals surface area (Å²) in [7, 11) is 0. The molecule has 1 aliphatic rings. The minimum Gasteiger partial charge on any atom is -0.273 e. The Hall–Kier alpha value is -2.49. The average Bonchev–Trinajstić information content (AvgIpc) is 2.49. The Morgan fingerprint density at radius 3 is 2.38 bits per heavy atom.